The number of unbranched alkanes of at least 4 members (excludes halogenated alkanes) is 2. The van der Waals surface area contributed by atoms with Crippen LogP contribution >= 0.6 is 0 Å². The first kappa shape index (κ1) is 21.1. The molecular formula is C25H32N2O2. The molecule has 4 nitrogen and oxygen atoms in total. The highest BCUT2D eigenvalue weighted by Gasteiger charge is 2.33. The summed E-state index contributed by atoms with van der Waals surface area (Å²) < 4.78 is 0. The number of carbonyl (C=O) groups excluding carboxylic acids is 2. The van der Waals surface area contributed by atoms with Crippen LogP contribution in [0.1, 0.15) is 55.7 Å². The fraction of sp³-hybridized carbons (Fsp3) is 0.440. The van der Waals surface area contributed by atoms with Crippen LogP contribution in [-0.4, -0.2) is 24.3 Å². The van der Waals surface area contributed by atoms with Crippen molar-refractivity contribution in [3.05, 3.63) is 65.2 Å². The van der Waals surface area contributed by atoms with Crippen molar-refractivity contribution in [2.24, 2.45) is 0 Å². The molecule has 2 aromatic rings. The second-order valence-electron chi connectivity index (χ2n) is 7.96. The molecule has 1 N–H and O–H groups in total. The topological polar surface area (TPSA) is 49.4 Å². The van der Waals surface area contributed by atoms with Crippen molar-refractivity contribution >= 4 is 17.4 Å². The highest BCUT2D eigenvalue weighted by atomic mass is 16.2. The quantitative estimate of drug-likeness (QED) is 0.602. The second-order valence-corrected chi connectivity index (χ2v) is 7.96. The maximum atomic E-state index is 12.9. The smallest absolute Gasteiger partial charge is 0.243 e. The number of para-hydroxylation sites is 1. The fourth-order valence-corrected chi connectivity index (χ4v) is 3.90. The average Bonchev–Trinajstić information content (AvgIpc) is 3.10. The Morgan fingerprint density at radius 3 is 2.55 bits per heavy atom. The number of Topliss-reactive ketones (excluding diaryl/α,β-unsaturated/α-hetero) is 1. The summed E-state index contributed by atoms with van der Waals surface area (Å²) in [6.45, 7) is 5.40. The van der Waals surface area contributed by atoms with E-state index in [9.17, 15) is 9.59 Å². The molecule has 0 aliphatic carbocycles. The number of hydrogen-bond acceptors (Lipinski definition) is 3. The van der Waals surface area contributed by atoms with Crippen molar-refractivity contribution in [3.63, 3.8) is 0 Å². The van der Waals surface area contributed by atoms with Crippen LogP contribution < -0.4 is 10.2 Å². The van der Waals surface area contributed by atoms with E-state index in [1.807, 2.05) is 19.1 Å². The first-order valence-electron chi connectivity index (χ1n) is 10.8. The lowest BCUT2D eigenvalue weighted by Gasteiger charge is -2.27. The summed E-state index contributed by atoms with van der Waals surface area (Å²) in [6, 6.07) is 16.7. The third-order valence-electron chi connectivity index (χ3n) is 5.69. The molecule has 0 bridgehead atoms. The van der Waals surface area contributed by atoms with Crippen LogP contribution in [0.25, 0.3) is 0 Å². The molecule has 0 aromatic heterocycles. The lowest BCUT2D eigenvalue weighted by molar-refractivity contribution is -0.122. The van der Waals surface area contributed by atoms with Gasteiger partial charge in [0, 0.05) is 38.0 Å². The van der Waals surface area contributed by atoms with E-state index < -0.39 is 0 Å². The van der Waals surface area contributed by atoms with Crippen LogP contribution in [0.15, 0.2) is 48.5 Å². The van der Waals surface area contributed by atoms with Crippen molar-refractivity contribution in [2.45, 2.75) is 65.0 Å². The van der Waals surface area contributed by atoms with Gasteiger partial charge in [-0.1, -0.05) is 61.4 Å². The summed E-state index contributed by atoms with van der Waals surface area (Å²) >= 11 is 0. The van der Waals surface area contributed by atoms with Gasteiger partial charge in [-0.05, 0) is 37.0 Å². The number of ketones is 1. The highest BCUT2D eigenvalue weighted by molar-refractivity contribution is 5.88. The molecule has 1 heterocycles. The van der Waals surface area contributed by atoms with Crippen LogP contribution in [0, 0.1) is 6.92 Å². The second kappa shape index (κ2) is 10.2. The Balaban J connectivity index is 1.57. The van der Waals surface area contributed by atoms with Crippen molar-refractivity contribution in [3.8, 4) is 0 Å². The van der Waals surface area contributed by atoms with Gasteiger partial charge in [0.2, 0.25) is 5.91 Å². The van der Waals surface area contributed by atoms with Crippen LogP contribution in [0.4, 0.5) is 5.69 Å². The van der Waals surface area contributed by atoms with Crippen LogP contribution in [0.5, 0.6) is 0 Å². The minimum atomic E-state index is -0.171. The molecule has 1 atom stereocenters. The van der Waals surface area contributed by atoms with Gasteiger partial charge in [-0.2, -0.15) is 0 Å². The molecule has 1 unspecified atom stereocenters. The van der Waals surface area contributed by atoms with Gasteiger partial charge in [0.25, 0.3) is 0 Å². The molecule has 1 aliphatic heterocycles. The number of hydrogen-bond donors (Lipinski definition) is 1. The Labute approximate surface area is 174 Å². The molecule has 0 saturated carbocycles. The highest BCUT2D eigenvalue weighted by Crippen LogP contribution is 2.33. The molecule has 0 saturated heterocycles. The molecular weight excluding hydrogens is 360 g/mol. The molecule has 0 spiro atoms. The van der Waals surface area contributed by atoms with Gasteiger partial charge in [-0.3, -0.25) is 9.59 Å². The van der Waals surface area contributed by atoms with Crippen molar-refractivity contribution in [2.75, 3.05) is 11.4 Å². The number of fused-ring (bicyclic) bond motifs is 1. The van der Waals surface area contributed by atoms with E-state index in [0.29, 0.717) is 25.2 Å². The number of aryl methyl sites for hydroxylation is 1. The Morgan fingerprint density at radius 2 is 1.79 bits per heavy atom. The lowest BCUT2D eigenvalue weighted by Crippen LogP contribution is -2.45. The summed E-state index contributed by atoms with van der Waals surface area (Å²) in [5, 5.41) is 3.12. The largest absolute Gasteiger partial charge is 0.355 e. The van der Waals surface area contributed by atoms with Gasteiger partial charge in [0.1, 0.15) is 11.8 Å². The molecule has 0 fully saturated rings. The molecule has 2 aromatic carbocycles. The van der Waals surface area contributed by atoms with Crippen LogP contribution in [-0.2, 0) is 22.6 Å². The fourth-order valence-electron chi connectivity index (χ4n) is 3.90. The molecule has 0 radical (unpaired) electrons. The van der Waals surface area contributed by atoms with Gasteiger partial charge >= 0.3 is 0 Å². The summed E-state index contributed by atoms with van der Waals surface area (Å²) in [5.74, 6) is 0.419. The predicted molar refractivity (Wildman–Crippen MR) is 118 cm³/mol. The van der Waals surface area contributed by atoms with E-state index in [1.165, 1.54) is 16.7 Å². The van der Waals surface area contributed by atoms with Gasteiger partial charge in [-0.15, -0.1) is 0 Å². The standard InChI is InChI=1S/C25H32N2O2/c1-3-22(28)10-5-4-8-16-26-25(29)24-17-21-9-6-7-11-23(21)27(24)18-20-14-12-19(2)13-15-20/h6-7,9,11-15,24H,3-5,8,10,16-18H2,1-2H3,(H,26,29). The third kappa shape index (κ3) is 5.69. The first-order chi connectivity index (χ1) is 14.1. The Bertz CT molecular complexity index is 829. The normalized spacial score (nSPS) is 15.2. The zero-order valence-corrected chi connectivity index (χ0v) is 17.6. The van der Waals surface area contributed by atoms with E-state index in [2.05, 4.69) is 53.5 Å². The maximum Gasteiger partial charge on any atom is 0.243 e. The molecule has 3 rings (SSSR count). The first-order valence-corrected chi connectivity index (χ1v) is 10.8. The van der Waals surface area contributed by atoms with Gasteiger partial charge in [-0.25, -0.2) is 0 Å². The number of nitrogens with one attached hydrogen (secondary N) is 1. The number of carbonyl (C=O) groups is 2. The van der Waals surface area contributed by atoms with Gasteiger partial charge in [0.05, 0.1) is 0 Å². The number of nitrogens with zero attached hydrogens (tertiary/aromatic N) is 1. The van der Waals surface area contributed by atoms with E-state index in [-0.39, 0.29) is 11.9 Å². The van der Waals surface area contributed by atoms with E-state index in [4.69, 9.17) is 0 Å². The van der Waals surface area contributed by atoms with Gasteiger partial charge < -0.3 is 10.2 Å². The summed E-state index contributed by atoms with van der Waals surface area (Å²) in [4.78, 5) is 26.5. The minimum absolute atomic E-state index is 0.0953. The summed E-state index contributed by atoms with van der Waals surface area (Å²) in [5.41, 5.74) is 4.85. The molecule has 29 heavy (non-hydrogen) atoms. The zero-order chi connectivity index (χ0) is 20.6. The number of benzene rings is 2. The van der Waals surface area contributed by atoms with Crippen LogP contribution in [0.3, 0.4) is 0 Å². The number of anilines is 1. The lowest BCUT2D eigenvalue weighted by atomic mass is 10.1. The number of amides is 1. The van der Waals surface area contributed by atoms with Gasteiger partial charge in [0.15, 0.2) is 0 Å². The Kier molecular flexibility index (Phi) is 7.45. The Hall–Kier alpha value is -2.62. The number of rotatable bonds is 10. The predicted octanol–water partition coefficient (Wildman–Crippen LogP) is 4.58. The molecule has 1 amide bonds. The van der Waals surface area contributed by atoms with Crippen molar-refractivity contribution < 1.29 is 9.59 Å². The Morgan fingerprint density at radius 1 is 1.03 bits per heavy atom. The molecule has 1 aliphatic rings. The van der Waals surface area contributed by atoms with E-state index in [1.54, 1.807) is 0 Å². The summed E-state index contributed by atoms with van der Waals surface area (Å²) in [6.07, 6.45) is 4.84. The van der Waals surface area contributed by atoms with E-state index >= 15 is 0 Å². The SMILES string of the molecule is CCC(=O)CCCCCNC(=O)C1Cc2ccccc2N1Cc1ccc(C)cc1. The summed E-state index contributed by atoms with van der Waals surface area (Å²) in [7, 11) is 0. The van der Waals surface area contributed by atoms with E-state index in [0.717, 1.165) is 37.9 Å². The van der Waals surface area contributed by atoms with Crippen molar-refractivity contribution in [1.29, 1.82) is 0 Å². The molecule has 154 valence electrons. The monoisotopic (exact) mass is 392 g/mol. The van der Waals surface area contributed by atoms with Crippen molar-refractivity contribution in [1.82, 2.24) is 5.32 Å². The molecule has 4 heteroatoms. The minimum Gasteiger partial charge on any atom is -0.355 e. The maximum absolute atomic E-state index is 12.9. The average molecular weight is 393 g/mol. The van der Waals surface area contributed by atoms with Crippen LogP contribution in [0.2, 0.25) is 0 Å². The zero-order valence-electron chi connectivity index (χ0n) is 17.6. The third-order valence-corrected chi connectivity index (χ3v) is 5.69.